The van der Waals surface area contributed by atoms with E-state index < -0.39 is 0 Å². The van der Waals surface area contributed by atoms with Gasteiger partial charge in [-0.25, -0.2) is 8.78 Å². The molecule has 1 nitrogen and oxygen atoms in total. The van der Waals surface area contributed by atoms with Gasteiger partial charge in [0.1, 0.15) is 11.6 Å². The normalized spacial score (nSPS) is 17.6. The van der Waals surface area contributed by atoms with Gasteiger partial charge < -0.3 is 5.73 Å². The summed E-state index contributed by atoms with van der Waals surface area (Å²) in [7, 11) is 0. The van der Waals surface area contributed by atoms with Gasteiger partial charge in [0.2, 0.25) is 0 Å². The van der Waals surface area contributed by atoms with Crippen LogP contribution in [0.2, 0.25) is 0 Å². The molecule has 0 aromatic heterocycles. The topological polar surface area (TPSA) is 26.0 Å². The van der Waals surface area contributed by atoms with Crippen LogP contribution in [0.5, 0.6) is 0 Å². The van der Waals surface area contributed by atoms with E-state index in [1.165, 1.54) is 12.1 Å². The maximum Gasteiger partial charge on any atom is 0.131 e. The van der Waals surface area contributed by atoms with E-state index in [-0.39, 0.29) is 17.7 Å². The van der Waals surface area contributed by atoms with E-state index in [1.807, 2.05) is 18.2 Å². The van der Waals surface area contributed by atoms with Crippen LogP contribution in [0.15, 0.2) is 30.3 Å². The minimum absolute atomic E-state index is 0.0728. The first-order valence-electron chi connectivity index (χ1n) is 6.40. The lowest BCUT2D eigenvalue weighted by molar-refractivity contribution is 0.595. The molecule has 0 radical (unpaired) electrons. The molecule has 1 aliphatic carbocycles. The average molecular weight is 259 g/mol. The first kappa shape index (κ1) is 12.3. The molecular formula is C16H15F2N. The summed E-state index contributed by atoms with van der Waals surface area (Å²) >= 11 is 0. The third-order valence-corrected chi connectivity index (χ3v) is 3.83. The van der Waals surface area contributed by atoms with Gasteiger partial charge in [0, 0.05) is 11.6 Å². The third kappa shape index (κ3) is 2.04. The molecule has 98 valence electrons. The zero-order chi connectivity index (χ0) is 13.6. The van der Waals surface area contributed by atoms with Crippen LogP contribution in [0, 0.1) is 18.6 Å². The second-order valence-corrected chi connectivity index (χ2v) is 5.14. The largest absolute Gasteiger partial charge is 0.324 e. The molecule has 1 atom stereocenters. The average Bonchev–Trinajstić information content (AvgIpc) is 2.75. The van der Waals surface area contributed by atoms with Crippen LogP contribution in [-0.4, -0.2) is 0 Å². The number of aryl methyl sites for hydroxylation is 2. The summed E-state index contributed by atoms with van der Waals surface area (Å²) < 4.78 is 27.5. The van der Waals surface area contributed by atoms with Gasteiger partial charge in [0.05, 0.1) is 0 Å². The lowest BCUT2D eigenvalue weighted by Crippen LogP contribution is -2.04. The van der Waals surface area contributed by atoms with Crippen LogP contribution in [-0.2, 0) is 6.42 Å². The second-order valence-electron chi connectivity index (χ2n) is 5.14. The van der Waals surface area contributed by atoms with Crippen molar-refractivity contribution in [1.82, 2.24) is 0 Å². The first-order chi connectivity index (χ1) is 9.06. The monoisotopic (exact) mass is 259 g/mol. The molecule has 2 aromatic rings. The number of hydrogen-bond donors (Lipinski definition) is 1. The molecule has 0 fully saturated rings. The van der Waals surface area contributed by atoms with Gasteiger partial charge in [0.15, 0.2) is 0 Å². The standard InChI is InChI=1S/C16H15F2N/c1-9-6-15(18)13(8-14(9)17)11-2-4-12-10(7-11)3-5-16(12)19/h2,4,6-8,16H,3,5,19H2,1H3. The van der Waals surface area contributed by atoms with Crippen LogP contribution in [0.4, 0.5) is 8.78 Å². The summed E-state index contributed by atoms with van der Waals surface area (Å²) in [5.41, 5.74) is 9.59. The Labute approximate surface area is 111 Å². The van der Waals surface area contributed by atoms with E-state index in [9.17, 15) is 8.78 Å². The van der Waals surface area contributed by atoms with Crippen LogP contribution in [0.3, 0.4) is 0 Å². The Morgan fingerprint density at radius 3 is 2.68 bits per heavy atom. The number of benzene rings is 2. The molecule has 1 unspecified atom stereocenters. The highest BCUT2D eigenvalue weighted by Crippen LogP contribution is 2.34. The molecular weight excluding hydrogens is 244 g/mol. The summed E-state index contributed by atoms with van der Waals surface area (Å²) in [5.74, 6) is -0.769. The lowest BCUT2D eigenvalue weighted by atomic mass is 9.98. The summed E-state index contributed by atoms with van der Waals surface area (Å²) in [4.78, 5) is 0. The highest BCUT2D eigenvalue weighted by molar-refractivity contribution is 5.66. The molecule has 0 saturated heterocycles. The molecule has 3 rings (SSSR count). The number of halogens is 2. The van der Waals surface area contributed by atoms with E-state index in [1.54, 1.807) is 6.92 Å². The molecule has 2 N–H and O–H groups in total. The van der Waals surface area contributed by atoms with Crippen molar-refractivity contribution in [2.24, 2.45) is 5.73 Å². The van der Waals surface area contributed by atoms with E-state index >= 15 is 0 Å². The molecule has 0 aliphatic heterocycles. The number of fused-ring (bicyclic) bond motifs is 1. The quantitative estimate of drug-likeness (QED) is 0.826. The van der Waals surface area contributed by atoms with Crippen molar-refractivity contribution in [3.05, 3.63) is 58.7 Å². The molecule has 0 saturated carbocycles. The van der Waals surface area contributed by atoms with Crippen LogP contribution in [0.1, 0.15) is 29.2 Å². The van der Waals surface area contributed by atoms with E-state index in [2.05, 4.69) is 0 Å². The predicted molar refractivity (Wildman–Crippen MR) is 71.8 cm³/mol. The summed E-state index contributed by atoms with van der Waals surface area (Å²) in [6.45, 7) is 1.56. The van der Waals surface area contributed by atoms with Crippen molar-refractivity contribution in [2.45, 2.75) is 25.8 Å². The smallest absolute Gasteiger partial charge is 0.131 e. The van der Waals surface area contributed by atoms with Gasteiger partial charge in [-0.2, -0.15) is 0 Å². The van der Waals surface area contributed by atoms with Gasteiger partial charge in [0.25, 0.3) is 0 Å². The fourth-order valence-corrected chi connectivity index (χ4v) is 2.69. The molecule has 2 aromatic carbocycles. The zero-order valence-corrected chi connectivity index (χ0v) is 10.7. The van der Waals surface area contributed by atoms with Crippen LogP contribution in [0.25, 0.3) is 11.1 Å². The molecule has 0 spiro atoms. The Balaban J connectivity index is 2.11. The maximum absolute atomic E-state index is 14.0. The maximum atomic E-state index is 14.0. The Morgan fingerprint density at radius 2 is 1.89 bits per heavy atom. The molecule has 0 amide bonds. The highest BCUT2D eigenvalue weighted by atomic mass is 19.1. The first-order valence-corrected chi connectivity index (χ1v) is 6.40. The Morgan fingerprint density at radius 1 is 1.11 bits per heavy atom. The van der Waals surface area contributed by atoms with Gasteiger partial charge in [-0.1, -0.05) is 18.2 Å². The van der Waals surface area contributed by atoms with Crippen molar-refractivity contribution in [1.29, 1.82) is 0 Å². The molecule has 0 heterocycles. The van der Waals surface area contributed by atoms with Crippen LogP contribution >= 0.6 is 0 Å². The Bertz CT molecular complexity index is 649. The lowest BCUT2D eigenvalue weighted by Gasteiger charge is -2.09. The van der Waals surface area contributed by atoms with E-state index in [0.29, 0.717) is 16.7 Å². The number of rotatable bonds is 1. The summed E-state index contributed by atoms with van der Waals surface area (Å²) in [6.07, 6.45) is 1.82. The summed E-state index contributed by atoms with van der Waals surface area (Å²) in [6, 6.07) is 8.25. The number of nitrogens with two attached hydrogens (primary N) is 1. The van der Waals surface area contributed by atoms with E-state index in [4.69, 9.17) is 5.73 Å². The molecule has 3 heteroatoms. The SMILES string of the molecule is Cc1cc(F)c(-c2ccc3c(c2)CCC3N)cc1F. The van der Waals surface area contributed by atoms with Crippen molar-refractivity contribution in [2.75, 3.05) is 0 Å². The van der Waals surface area contributed by atoms with Gasteiger partial charge in [-0.05, 0) is 54.2 Å². The zero-order valence-electron chi connectivity index (χ0n) is 10.7. The third-order valence-electron chi connectivity index (χ3n) is 3.83. The molecule has 1 aliphatic rings. The minimum atomic E-state index is -0.388. The van der Waals surface area contributed by atoms with Crippen molar-refractivity contribution in [3.63, 3.8) is 0 Å². The van der Waals surface area contributed by atoms with Gasteiger partial charge >= 0.3 is 0 Å². The minimum Gasteiger partial charge on any atom is -0.324 e. The Kier molecular flexibility index (Phi) is 2.86. The molecule has 0 bridgehead atoms. The fourth-order valence-electron chi connectivity index (χ4n) is 2.69. The predicted octanol–water partition coefficient (Wildman–Crippen LogP) is 3.89. The van der Waals surface area contributed by atoms with E-state index in [0.717, 1.165) is 24.0 Å². The Hall–Kier alpha value is -1.74. The van der Waals surface area contributed by atoms with Gasteiger partial charge in [-0.15, -0.1) is 0 Å². The second kappa shape index (κ2) is 4.42. The summed E-state index contributed by atoms with van der Waals surface area (Å²) in [5, 5.41) is 0. The van der Waals surface area contributed by atoms with Crippen molar-refractivity contribution >= 4 is 0 Å². The van der Waals surface area contributed by atoms with Crippen molar-refractivity contribution < 1.29 is 8.78 Å². The fraction of sp³-hybridized carbons (Fsp3) is 0.250. The van der Waals surface area contributed by atoms with Crippen molar-refractivity contribution in [3.8, 4) is 11.1 Å². The number of hydrogen-bond acceptors (Lipinski definition) is 1. The van der Waals surface area contributed by atoms with Crippen LogP contribution < -0.4 is 5.73 Å². The molecule has 19 heavy (non-hydrogen) atoms. The van der Waals surface area contributed by atoms with Gasteiger partial charge in [-0.3, -0.25) is 0 Å². The highest BCUT2D eigenvalue weighted by Gasteiger charge is 2.20.